The van der Waals surface area contributed by atoms with Gasteiger partial charge in [0, 0.05) is 12.1 Å². The monoisotopic (exact) mass is 196 g/mol. The van der Waals surface area contributed by atoms with Crippen molar-refractivity contribution in [3.05, 3.63) is 12.1 Å². The third kappa shape index (κ3) is 1.42. The maximum atomic E-state index is 5.43. The molecule has 1 aromatic carbocycles. The summed E-state index contributed by atoms with van der Waals surface area (Å²) in [6.45, 7) is 1.09. The Morgan fingerprint density at radius 1 is 1.36 bits per heavy atom. The number of nitrogens with two attached hydrogens (primary N) is 1. The molecule has 0 radical (unpaired) electrons. The molecule has 1 aliphatic heterocycles. The van der Waals surface area contributed by atoms with Gasteiger partial charge in [0.2, 0.25) is 5.75 Å². The molecule has 0 spiro atoms. The Bertz CT molecular complexity index is 324. The molecule has 0 aromatic heterocycles. The van der Waals surface area contributed by atoms with Crippen LogP contribution >= 0.6 is 0 Å². The molecule has 0 amide bonds. The zero-order valence-electron chi connectivity index (χ0n) is 7.87. The van der Waals surface area contributed by atoms with Crippen LogP contribution in [0.4, 0.5) is 5.69 Å². The average Bonchev–Trinajstić information content (AvgIpc) is 2.27. The molecule has 5 heteroatoms. The number of fused-ring (bicyclic) bond motifs is 1. The summed E-state index contributed by atoms with van der Waals surface area (Å²) in [6, 6.07) is 3.53. The highest BCUT2D eigenvalue weighted by atomic mass is 16.6. The van der Waals surface area contributed by atoms with Crippen LogP contribution in [0, 0.1) is 0 Å². The van der Waals surface area contributed by atoms with Gasteiger partial charge in [-0.3, -0.25) is 5.84 Å². The Morgan fingerprint density at radius 2 is 2.14 bits per heavy atom. The van der Waals surface area contributed by atoms with Gasteiger partial charge in [-0.1, -0.05) is 0 Å². The van der Waals surface area contributed by atoms with Crippen LogP contribution in [0.15, 0.2) is 12.1 Å². The first-order chi connectivity index (χ1) is 6.85. The van der Waals surface area contributed by atoms with Crippen LogP contribution in [0.3, 0.4) is 0 Å². The Kier molecular flexibility index (Phi) is 2.32. The minimum absolute atomic E-state index is 0.540. The van der Waals surface area contributed by atoms with Gasteiger partial charge < -0.3 is 19.6 Å². The van der Waals surface area contributed by atoms with Gasteiger partial charge in [-0.15, -0.1) is 0 Å². The van der Waals surface area contributed by atoms with E-state index in [9.17, 15) is 0 Å². The molecule has 1 aromatic rings. The fourth-order valence-electron chi connectivity index (χ4n) is 1.36. The Morgan fingerprint density at radius 3 is 2.86 bits per heavy atom. The zero-order chi connectivity index (χ0) is 9.97. The molecule has 0 aliphatic carbocycles. The Balaban J connectivity index is 2.47. The van der Waals surface area contributed by atoms with Gasteiger partial charge in [0.1, 0.15) is 13.2 Å². The number of anilines is 1. The molecule has 0 atom stereocenters. The first-order valence-electron chi connectivity index (χ1n) is 4.29. The van der Waals surface area contributed by atoms with Crippen LogP contribution in [0.1, 0.15) is 0 Å². The summed E-state index contributed by atoms with van der Waals surface area (Å²) in [5, 5.41) is 0. The second kappa shape index (κ2) is 3.63. The fraction of sp³-hybridized carbons (Fsp3) is 0.333. The van der Waals surface area contributed by atoms with E-state index in [2.05, 4.69) is 5.43 Å². The SMILES string of the molecule is COc1cc(NN)cc2c1OCCO2. The van der Waals surface area contributed by atoms with Crippen LogP contribution in [-0.2, 0) is 0 Å². The van der Waals surface area contributed by atoms with Gasteiger partial charge in [-0.2, -0.15) is 0 Å². The highest BCUT2D eigenvalue weighted by molar-refractivity contribution is 5.62. The third-order valence-corrected chi connectivity index (χ3v) is 1.99. The molecule has 2 rings (SSSR count). The molecule has 76 valence electrons. The molecule has 0 bridgehead atoms. The molecular formula is C9H12N2O3. The smallest absolute Gasteiger partial charge is 0.203 e. The van der Waals surface area contributed by atoms with Crippen molar-refractivity contribution < 1.29 is 14.2 Å². The van der Waals surface area contributed by atoms with Crippen molar-refractivity contribution in [1.29, 1.82) is 0 Å². The summed E-state index contributed by atoms with van der Waals surface area (Å²) in [6.07, 6.45) is 0. The summed E-state index contributed by atoms with van der Waals surface area (Å²) in [5.41, 5.74) is 3.26. The lowest BCUT2D eigenvalue weighted by molar-refractivity contribution is 0.165. The molecule has 5 nitrogen and oxygen atoms in total. The first kappa shape index (κ1) is 8.96. The molecule has 14 heavy (non-hydrogen) atoms. The summed E-state index contributed by atoms with van der Waals surface area (Å²) >= 11 is 0. The van der Waals surface area contributed by atoms with E-state index in [0.717, 1.165) is 5.69 Å². The van der Waals surface area contributed by atoms with Crippen LogP contribution in [0.5, 0.6) is 17.2 Å². The molecule has 0 saturated heterocycles. The maximum Gasteiger partial charge on any atom is 0.203 e. The van der Waals surface area contributed by atoms with Crippen molar-refractivity contribution in [2.75, 3.05) is 25.7 Å². The van der Waals surface area contributed by atoms with Gasteiger partial charge in [0.05, 0.1) is 12.8 Å². The van der Waals surface area contributed by atoms with Crippen LogP contribution in [0.25, 0.3) is 0 Å². The van der Waals surface area contributed by atoms with Gasteiger partial charge in [-0.25, -0.2) is 0 Å². The van der Waals surface area contributed by atoms with Crippen molar-refractivity contribution in [2.45, 2.75) is 0 Å². The van der Waals surface area contributed by atoms with E-state index in [1.807, 2.05) is 0 Å². The molecule has 0 saturated carbocycles. The minimum atomic E-state index is 0.540. The van der Waals surface area contributed by atoms with E-state index < -0.39 is 0 Å². The second-order valence-corrected chi connectivity index (χ2v) is 2.85. The summed E-state index contributed by atoms with van der Waals surface area (Å²) in [5.74, 6) is 7.22. The van der Waals surface area contributed by atoms with Crippen LogP contribution < -0.4 is 25.5 Å². The second-order valence-electron chi connectivity index (χ2n) is 2.85. The van der Waals surface area contributed by atoms with E-state index >= 15 is 0 Å². The minimum Gasteiger partial charge on any atom is -0.493 e. The van der Waals surface area contributed by atoms with Crippen molar-refractivity contribution in [2.24, 2.45) is 5.84 Å². The highest BCUT2D eigenvalue weighted by Gasteiger charge is 2.17. The topological polar surface area (TPSA) is 65.7 Å². The van der Waals surface area contributed by atoms with E-state index in [0.29, 0.717) is 30.5 Å². The van der Waals surface area contributed by atoms with Crippen LogP contribution in [-0.4, -0.2) is 20.3 Å². The molecule has 1 heterocycles. The fourth-order valence-corrected chi connectivity index (χ4v) is 1.36. The van der Waals surface area contributed by atoms with E-state index in [1.54, 1.807) is 19.2 Å². The predicted octanol–water partition coefficient (Wildman–Crippen LogP) is 0.752. The van der Waals surface area contributed by atoms with E-state index in [4.69, 9.17) is 20.1 Å². The molecule has 0 fully saturated rings. The lowest BCUT2D eigenvalue weighted by Crippen LogP contribution is -2.17. The summed E-state index contributed by atoms with van der Waals surface area (Å²) in [4.78, 5) is 0. The van der Waals surface area contributed by atoms with Gasteiger partial charge >= 0.3 is 0 Å². The zero-order valence-corrected chi connectivity index (χ0v) is 7.87. The molecular weight excluding hydrogens is 184 g/mol. The van der Waals surface area contributed by atoms with Crippen LogP contribution in [0.2, 0.25) is 0 Å². The Hall–Kier alpha value is -1.62. The van der Waals surface area contributed by atoms with E-state index in [1.165, 1.54) is 0 Å². The first-order valence-corrected chi connectivity index (χ1v) is 4.29. The largest absolute Gasteiger partial charge is 0.493 e. The van der Waals surface area contributed by atoms with Crippen molar-refractivity contribution in [3.63, 3.8) is 0 Å². The average molecular weight is 196 g/mol. The van der Waals surface area contributed by atoms with E-state index in [-0.39, 0.29) is 0 Å². The number of ether oxygens (including phenoxy) is 3. The maximum absolute atomic E-state index is 5.43. The van der Waals surface area contributed by atoms with Gasteiger partial charge in [-0.05, 0) is 0 Å². The number of hydrogen-bond acceptors (Lipinski definition) is 5. The molecule has 1 aliphatic rings. The quantitative estimate of drug-likeness (QED) is 0.539. The van der Waals surface area contributed by atoms with Crippen molar-refractivity contribution in [1.82, 2.24) is 0 Å². The number of hydrogen-bond donors (Lipinski definition) is 2. The number of rotatable bonds is 2. The molecule has 0 unspecified atom stereocenters. The Labute approximate surface area is 81.7 Å². The van der Waals surface area contributed by atoms with Crippen molar-refractivity contribution >= 4 is 5.69 Å². The van der Waals surface area contributed by atoms with Crippen molar-refractivity contribution in [3.8, 4) is 17.2 Å². The lowest BCUT2D eigenvalue weighted by atomic mass is 10.2. The number of benzene rings is 1. The lowest BCUT2D eigenvalue weighted by Gasteiger charge is -2.21. The standard InChI is InChI=1S/C9H12N2O3/c1-12-7-4-6(11-10)5-8-9(7)14-3-2-13-8/h4-5,11H,2-3,10H2,1H3. The molecule has 3 N–H and O–H groups in total. The number of methoxy groups -OCH3 is 1. The van der Waals surface area contributed by atoms with Gasteiger partial charge in [0.15, 0.2) is 11.5 Å². The number of hydrazine groups is 1. The number of nitrogen functional groups attached to an aromatic ring is 1. The third-order valence-electron chi connectivity index (χ3n) is 1.99. The summed E-state index contributed by atoms with van der Waals surface area (Å²) < 4.78 is 16.0. The summed E-state index contributed by atoms with van der Waals surface area (Å²) in [7, 11) is 1.58. The number of nitrogens with one attached hydrogen (secondary N) is 1. The predicted molar refractivity (Wildman–Crippen MR) is 51.8 cm³/mol. The highest BCUT2D eigenvalue weighted by Crippen LogP contribution is 2.41. The van der Waals surface area contributed by atoms with Gasteiger partial charge in [0.25, 0.3) is 0 Å². The normalized spacial score (nSPS) is 13.6.